The molecule has 2 rings (SSSR count). The molecule has 0 aliphatic rings. The molecular formula is C30H42MgO4. The second-order valence-electron chi connectivity index (χ2n) is 9.59. The van der Waals surface area contributed by atoms with Crippen molar-refractivity contribution in [1.29, 1.82) is 0 Å². The first-order valence-electron chi connectivity index (χ1n) is 12.8. The Balaban J connectivity index is 0.000000642. The Hall–Kier alpha value is -1.85. The fourth-order valence-electron chi connectivity index (χ4n) is 4.15. The summed E-state index contributed by atoms with van der Waals surface area (Å²) < 4.78 is 0. The zero-order valence-electron chi connectivity index (χ0n) is 22.2. The molecule has 0 spiro atoms. The number of carboxylic acid groups (broad SMARTS) is 2. The third kappa shape index (κ3) is 10.7. The number of aliphatic carboxylic acids is 2. The summed E-state index contributed by atoms with van der Waals surface area (Å²) in [7, 11) is 0. The summed E-state index contributed by atoms with van der Waals surface area (Å²) >= 11 is 0. The number of carboxylic acids is 2. The average Bonchev–Trinajstić information content (AvgIpc) is 2.85. The van der Waals surface area contributed by atoms with Gasteiger partial charge in [0, 0.05) is 10.8 Å². The van der Waals surface area contributed by atoms with E-state index in [1.54, 1.807) is 13.8 Å². The Morgan fingerprint density at radius 2 is 0.914 bits per heavy atom. The number of carbonyl (C=O) groups is 2. The average molecular weight is 491 g/mol. The standard InChI is InChI=1S/2C15H22O2.Mg/c2*1-3-4-5-9-12-15(2,14(16)17)13-10-7-6-8-11-13;/h2*6-8,10-11H,3-5,9,12H2,1-2H3,(H,16,17);/q;;+2/p-2. The van der Waals surface area contributed by atoms with E-state index in [0.717, 1.165) is 62.5 Å². The molecule has 2 atom stereocenters. The quantitative estimate of drug-likeness (QED) is 0.277. The zero-order valence-corrected chi connectivity index (χ0v) is 23.6. The topological polar surface area (TPSA) is 80.3 Å². The van der Waals surface area contributed by atoms with Crippen molar-refractivity contribution < 1.29 is 19.8 Å². The fraction of sp³-hybridized carbons (Fsp3) is 0.533. The van der Waals surface area contributed by atoms with Crippen LogP contribution in [0.3, 0.4) is 0 Å². The summed E-state index contributed by atoms with van der Waals surface area (Å²) in [6.07, 6.45) is 10.0. The number of hydrogen-bond acceptors (Lipinski definition) is 4. The number of benzene rings is 2. The Labute approximate surface area is 228 Å². The van der Waals surface area contributed by atoms with Crippen LogP contribution in [0.2, 0.25) is 0 Å². The zero-order chi connectivity index (χ0) is 25.5. The van der Waals surface area contributed by atoms with Gasteiger partial charge in [-0.25, -0.2) is 0 Å². The molecule has 0 aliphatic heterocycles. The Morgan fingerprint density at radius 3 is 1.17 bits per heavy atom. The molecule has 0 N–H and O–H groups in total. The summed E-state index contributed by atoms with van der Waals surface area (Å²) in [5.74, 6) is -1.94. The number of unbranched alkanes of at least 4 members (excludes halogenated alkanes) is 6. The van der Waals surface area contributed by atoms with E-state index in [2.05, 4.69) is 13.8 Å². The molecule has 2 aromatic rings. The van der Waals surface area contributed by atoms with Crippen molar-refractivity contribution in [3.63, 3.8) is 0 Å². The maximum absolute atomic E-state index is 11.4. The molecule has 0 radical (unpaired) electrons. The molecule has 35 heavy (non-hydrogen) atoms. The molecule has 0 saturated heterocycles. The summed E-state index contributed by atoms with van der Waals surface area (Å²) in [6, 6.07) is 18.8. The summed E-state index contributed by atoms with van der Waals surface area (Å²) in [6.45, 7) is 7.83. The van der Waals surface area contributed by atoms with Crippen LogP contribution in [-0.4, -0.2) is 35.0 Å². The van der Waals surface area contributed by atoms with Gasteiger partial charge in [-0.05, 0) is 24.0 Å². The summed E-state index contributed by atoms with van der Waals surface area (Å²) in [4.78, 5) is 22.7. The molecule has 0 heterocycles. The van der Waals surface area contributed by atoms with E-state index in [1.807, 2.05) is 60.7 Å². The second-order valence-corrected chi connectivity index (χ2v) is 9.59. The van der Waals surface area contributed by atoms with E-state index >= 15 is 0 Å². The minimum Gasteiger partial charge on any atom is -0.549 e. The summed E-state index contributed by atoms with van der Waals surface area (Å²) in [5.41, 5.74) is -0.0164. The molecular weight excluding hydrogens is 449 g/mol. The predicted octanol–water partition coefficient (Wildman–Crippen LogP) is 4.95. The van der Waals surface area contributed by atoms with Crippen LogP contribution < -0.4 is 10.2 Å². The third-order valence-corrected chi connectivity index (χ3v) is 6.78. The van der Waals surface area contributed by atoms with Crippen LogP contribution in [0.4, 0.5) is 0 Å². The van der Waals surface area contributed by atoms with Gasteiger partial charge in [0.25, 0.3) is 0 Å². The van der Waals surface area contributed by atoms with Crippen LogP contribution >= 0.6 is 0 Å². The number of hydrogen-bond donors (Lipinski definition) is 0. The van der Waals surface area contributed by atoms with Gasteiger partial charge in [0.15, 0.2) is 0 Å². The van der Waals surface area contributed by atoms with Gasteiger partial charge in [0.2, 0.25) is 0 Å². The second kappa shape index (κ2) is 17.6. The maximum Gasteiger partial charge on any atom is 2.00 e. The normalized spacial score (nSPS) is 13.8. The van der Waals surface area contributed by atoms with Gasteiger partial charge in [0.1, 0.15) is 0 Å². The van der Waals surface area contributed by atoms with Crippen molar-refractivity contribution in [2.24, 2.45) is 0 Å². The minimum atomic E-state index is -0.972. The largest absolute Gasteiger partial charge is 2.00 e. The van der Waals surface area contributed by atoms with Gasteiger partial charge in [-0.2, -0.15) is 0 Å². The van der Waals surface area contributed by atoms with Gasteiger partial charge >= 0.3 is 23.1 Å². The Kier molecular flexibility index (Phi) is 16.6. The van der Waals surface area contributed by atoms with Crippen molar-refractivity contribution in [2.45, 2.75) is 103 Å². The SMILES string of the molecule is CCCCCCC(C)(C(=O)[O-])c1ccccc1.CCCCCCC(C)(C(=O)[O-])c1ccccc1.[Mg+2]. The molecule has 0 amide bonds. The number of carbonyl (C=O) groups excluding carboxylic acids is 2. The van der Waals surface area contributed by atoms with Gasteiger partial charge in [-0.1, -0.05) is 140 Å². The van der Waals surface area contributed by atoms with Crippen molar-refractivity contribution >= 4 is 35.0 Å². The van der Waals surface area contributed by atoms with Crippen molar-refractivity contribution in [2.75, 3.05) is 0 Å². The molecule has 0 aliphatic carbocycles. The Bertz CT molecular complexity index is 768. The molecule has 0 saturated carbocycles. The first kappa shape index (κ1) is 33.1. The van der Waals surface area contributed by atoms with Gasteiger partial charge < -0.3 is 19.8 Å². The van der Waals surface area contributed by atoms with Crippen LogP contribution in [-0.2, 0) is 20.4 Å². The van der Waals surface area contributed by atoms with Gasteiger partial charge in [0.05, 0.1) is 11.9 Å². The van der Waals surface area contributed by atoms with E-state index < -0.39 is 22.8 Å². The van der Waals surface area contributed by atoms with E-state index in [0.29, 0.717) is 12.8 Å². The molecule has 5 heteroatoms. The van der Waals surface area contributed by atoms with E-state index in [1.165, 1.54) is 0 Å². The predicted molar refractivity (Wildman–Crippen MR) is 141 cm³/mol. The molecule has 4 nitrogen and oxygen atoms in total. The van der Waals surface area contributed by atoms with Gasteiger partial charge in [-0.3, -0.25) is 0 Å². The fourth-order valence-corrected chi connectivity index (χ4v) is 4.15. The minimum absolute atomic E-state index is 0. The monoisotopic (exact) mass is 490 g/mol. The van der Waals surface area contributed by atoms with Crippen molar-refractivity contribution in [3.05, 3.63) is 71.8 Å². The third-order valence-electron chi connectivity index (χ3n) is 6.78. The van der Waals surface area contributed by atoms with Crippen LogP contribution in [0, 0.1) is 0 Å². The molecule has 0 fully saturated rings. The maximum atomic E-state index is 11.4. The number of rotatable bonds is 14. The molecule has 188 valence electrons. The first-order valence-corrected chi connectivity index (χ1v) is 12.8. The van der Waals surface area contributed by atoms with Crippen LogP contribution in [0.15, 0.2) is 60.7 Å². The molecule has 2 aromatic carbocycles. The van der Waals surface area contributed by atoms with E-state index in [9.17, 15) is 19.8 Å². The van der Waals surface area contributed by atoms with Crippen LogP contribution in [0.25, 0.3) is 0 Å². The summed E-state index contributed by atoms with van der Waals surface area (Å²) in [5, 5.41) is 22.7. The molecule has 2 unspecified atom stereocenters. The molecule has 0 bridgehead atoms. The van der Waals surface area contributed by atoms with E-state index in [4.69, 9.17) is 0 Å². The van der Waals surface area contributed by atoms with Gasteiger partial charge in [-0.15, -0.1) is 0 Å². The van der Waals surface area contributed by atoms with Crippen LogP contribution in [0.5, 0.6) is 0 Å². The van der Waals surface area contributed by atoms with Crippen LogP contribution in [0.1, 0.15) is 103 Å². The van der Waals surface area contributed by atoms with Crippen molar-refractivity contribution in [1.82, 2.24) is 0 Å². The Morgan fingerprint density at radius 1 is 0.600 bits per heavy atom. The smallest absolute Gasteiger partial charge is 0.549 e. The first-order chi connectivity index (χ1) is 16.2. The van der Waals surface area contributed by atoms with Crippen molar-refractivity contribution in [3.8, 4) is 0 Å². The molecule has 0 aromatic heterocycles. The van der Waals surface area contributed by atoms with E-state index in [-0.39, 0.29) is 23.1 Å².